The van der Waals surface area contributed by atoms with Gasteiger partial charge in [-0.25, -0.2) is 0 Å². The van der Waals surface area contributed by atoms with Gasteiger partial charge < -0.3 is 10.2 Å². The van der Waals surface area contributed by atoms with E-state index in [9.17, 15) is 9.59 Å². The Bertz CT molecular complexity index is 999. The standard InChI is InChI=1S/C24H25ClN2O2S2/c25-19-11-5-4-8-17(19)16-27(24(29)21-13-7-15-31-21)22(20-12-6-14-30-20)23(28)26-18-9-2-1-3-10-18/h4-8,11-15,18,22H,1-3,9-10,16H2,(H,26,28)/t22-/m0/s1. The average molecular weight is 473 g/mol. The summed E-state index contributed by atoms with van der Waals surface area (Å²) >= 11 is 9.31. The van der Waals surface area contributed by atoms with Crippen molar-refractivity contribution >= 4 is 46.1 Å². The van der Waals surface area contributed by atoms with Crippen LogP contribution in [0.4, 0.5) is 0 Å². The predicted molar refractivity (Wildman–Crippen MR) is 128 cm³/mol. The Balaban J connectivity index is 1.69. The number of thiophene rings is 2. The molecule has 0 saturated heterocycles. The second-order valence-corrected chi connectivity index (χ2v) is 10.1. The van der Waals surface area contributed by atoms with Gasteiger partial charge in [-0.2, -0.15) is 0 Å². The molecule has 1 saturated carbocycles. The molecule has 2 aromatic heterocycles. The van der Waals surface area contributed by atoms with Crippen LogP contribution in [-0.4, -0.2) is 22.8 Å². The smallest absolute Gasteiger partial charge is 0.265 e. The predicted octanol–water partition coefficient (Wildman–Crippen LogP) is 6.30. The third kappa shape index (κ3) is 5.37. The summed E-state index contributed by atoms with van der Waals surface area (Å²) in [6.45, 7) is 0.261. The van der Waals surface area contributed by atoms with Crippen molar-refractivity contribution in [2.75, 3.05) is 0 Å². The number of rotatable bonds is 7. The van der Waals surface area contributed by atoms with Crippen LogP contribution >= 0.6 is 34.3 Å². The molecule has 1 atom stereocenters. The molecule has 1 aliphatic rings. The van der Waals surface area contributed by atoms with Crippen LogP contribution in [0.3, 0.4) is 0 Å². The van der Waals surface area contributed by atoms with E-state index >= 15 is 0 Å². The molecule has 3 aromatic rings. The third-order valence-corrected chi connectivity index (χ3v) is 7.77. The van der Waals surface area contributed by atoms with E-state index < -0.39 is 6.04 Å². The maximum atomic E-state index is 13.6. The number of carbonyl (C=O) groups is 2. The lowest BCUT2D eigenvalue weighted by Gasteiger charge is -2.32. The van der Waals surface area contributed by atoms with Gasteiger partial charge in [-0.1, -0.05) is 61.2 Å². The first-order valence-corrected chi connectivity index (χ1v) is 12.7. The van der Waals surface area contributed by atoms with Crippen molar-refractivity contribution in [1.82, 2.24) is 10.2 Å². The maximum Gasteiger partial charge on any atom is 0.265 e. The summed E-state index contributed by atoms with van der Waals surface area (Å²) in [6, 6.07) is 14.5. The topological polar surface area (TPSA) is 49.4 Å². The lowest BCUT2D eigenvalue weighted by Crippen LogP contribution is -2.46. The Morgan fingerprint density at radius 1 is 1.00 bits per heavy atom. The molecule has 31 heavy (non-hydrogen) atoms. The SMILES string of the molecule is O=C(NC1CCCCC1)[C@H](c1cccs1)N(Cc1ccccc1Cl)C(=O)c1cccs1. The Labute approximate surface area is 195 Å². The lowest BCUT2D eigenvalue weighted by atomic mass is 9.95. The Hall–Kier alpha value is -2.15. The van der Waals surface area contributed by atoms with Crippen LogP contribution in [-0.2, 0) is 11.3 Å². The molecule has 1 N–H and O–H groups in total. The molecule has 1 fully saturated rings. The van der Waals surface area contributed by atoms with Crippen molar-refractivity contribution in [2.24, 2.45) is 0 Å². The molecular weight excluding hydrogens is 448 g/mol. The number of nitrogens with one attached hydrogen (secondary N) is 1. The van der Waals surface area contributed by atoms with Crippen LogP contribution in [0.5, 0.6) is 0 Å². The molecule has 1 aliphatic carbocycles. The zero-order chi connectivity index (χ0) is 21.6. The molecule has 0 aliphatic heterocycles. The maximum absolute atomic E-state index is 13.6. The van der Waals surface area contributed by atoms with Crippen LogP contribution < -0.4 is 5.32 Å². The van der Waals surface area contributed by atoms with E-state index in [1.54, 1.807) is 11.0 Å². The van der Waals surface area contributed by atoms with E-state index in [4.69, 9.17) is 11.6 Å². The molecule has 4 nitrogen and oxygen atoms in total. The molecule has 0 unspecified atom stereocenters. The van der Waals surface area contributed by atoms with Gasteiger partial charge in [0.2, 0.25) is 5.91 Å². The summed E-state index contributed by atoms with van der Waals surface area (Å²) in [6.07, 6.45) is 5.47. The minimum absolute atomic E-state index is 0.119. The van der Waals surface area contributed by atoms with Crippen molar-refractivity contribution in [3.05, 3.63) is 79.6 Å². The first-order chi connectivity index (χ1) is 15.1. The molecule has 0 radical (unpaired) electrons. The highest BCUT2D eigenvalue weighted by Crippen LogP contribution is 2.32. The molecule has 7 heteroatoms. The van der Waals surface area contributed by atoms with Gasteiger partial charge >= 0.3 is 0 Å². The van der Waals surface area contributed by atoms with Gasteiger partial charge in [-0.15, -0.1) is 22.7 Å². The number of benzene rings is 1. The summed E-state index contributed by atoms with van der Waals surface area (Å²) in [5, 5.41) is 7.64. The number of amides is 2. The van der Waals surface area contributed by atoms with Crippen molar-refractivity contribution in [3.8, 4) is 0 Å². The molecule has 162 valence electrons. The van der Waals surface area contributed by atoms with Gasteiger partial charge in [0.1, 0.15) is 6.04 Å². The van der Waals surface area contributed by atoms with Crippen molar-refractivity contribution in [1.29, 1.82) is 0 Å². The molecule has 2 heterocycles. The Morgan fingerprint density at radius 3 is 2.42 bits per heavy atom. The van der Waals surface area contributed by atoms with Crippen molar-refractivity contribution in [3.63, 3.8) is 0 Å². The van der Waals surface area contributed by atoms with Crippen molar-refractivity contribution in [2.45, 2.75) is 50.7 Å². The summed E-state index contributed by atoms with van der Waals surface area (Å²) < 4.78 is 0. The van der Waals surface area contributed by atoms with Crippen molar-refractivity contribution < 1.29 is 9.59 Å². The van der Waals surface area contributed by atoms with Crippen LogP contribution in [0.25, 0.3) is 0 Å². The van der Waals surface area contributed by atoms with Crippen LogP contribution in [0.2, 0.25) is 5.02 Å². The first-order valence-electron chi connectivity index (χ1n) is 10.5. The molecular formula is C24H25ClN2O2S2. The summed E-state index contributed by atoms with van der Waals surface area (Å²) in [5.41, 5.74) is 0.820. The third-order valence-electron chi connectivity index (χ3n) is 5.62. The van der Waals surface area contributed by atoms with Gasteiger partial charge in [0.05, 0.1) is 4.88 Å². The fraction of sp³-hybridized carbons (Fsp3) is 0.333. The van der Waals surface area contributed by atoms with Crippen LogP contribution in [0, 0.1) is 0 Å². The minimum Gasteiger partial charge on any atom is -0.351 e. The normalized spacial score (nSPS) is 15.4. The Morgan fingerprint density at radius 2 is 1.74 bits per heavy atom. The second-order valence-electron chi connectivity index (χ2n) is 7.76. The van der Waals surface area contributed by atoms with Crippen LogP contribution in [0.1, 0.15) is 58.3 Å². The summed E-state index contributed by atoms with van der Waals surface area (Å²) in [7, 11) is 0. The quantitative estimate of drug-likeness (QED) is 0.439. The van der Waals surface area contributed by atoms with E-state index in [0.717, 1.165) is 36.1 Å². The van der Waals surface area contributed by atoms with Gasteiger partial charge in [-0.05, 0) is 47.4 Å². The van der Waals surface area contributed by atoms with E-state index in [1.807, 2.05) is 53.2 Å². The highest BCUT2D eigenvalue weighted by Gasteiger charge is 2.34. The number of halogens is 1. The van der Waals surface area contributed by atoms with E-state index in [2.05, 4.69) is 5.32 Å². The highest BCUT2D eigenvalue weighted by molar-refractivity contribution is 7.12. The fourth-order valence-corrected chi connectivity index (χ4v) is 5.74. The van der Waals surface area contributed by atoms with Crippen LogP contribution in [0.15, 0.2) is 59.3 Å². The first kappa shape index (κ1) is 22.1. The van der Waals surface area contributed by atoms with Gasteiger partial charge in [-0.3, -0.25) is 9.59 Å². The van der Waals surface area contributed by atoms with E-state index in [-0.39, 0.29) is 24.4 Å². The molecule has 1 aromatic carbocycles. The zero-order valence-corrected chi connectivity index (χ0v) is 19.5. The monoisotopic (exact) mass is 472 g/mol. The molecule has 4 rings (SSSR count). The van der Waals surface area contributed by atoms with E-state index in [0.29, 0.717) is 9.90 Å². The molecule has 2 amide bonds. The summed E-state index contributed by atoms with van der Waals surface area (Å²) in [4.78, 5) is 30.3. The van der Waals surface area contributed by atoms with Gasteiger partial charge in [0.25, 0.3) is 5.91 Å². The van der Waals surface area contributed by atoms with Gasteiger partial charge in [0.15, 0.2) is 0 Å². The zero-order valence-electron chi connectivity index (χ0n) is 17.1. The highest BCUT2D eigenvalue weighted by atomic mass is 35.5. The average Bonchev–Trinajstić information content (AvgIpc) is 3.50. The minimum atomic E-state index is -0.701. The summed E-state index contributed by atoms with van der Waals surface area (Å²) in [5.74, 6) is -0.279. The fourth-order valence-electron chi connectivity index (χ4n) is 4.03. The molecule has 0 spiro atoms. The number of nitrogens with zero attached hydrogens (tertiary/aromatic N) is 1. The second kappa shape index (κ2) is 10.4. The largest absolute Gasteiger partial charge is 0.351 e. The number of carbonyl (C=O) groups excluding carboxylic acids is 2. The molecule has 0 bridgehead atoms. The van der Waals surface area contributed by atoms with Gasteiger partial charge in [0, 0.05) is 22.5 Å². The van der Waals surface area contributed by atoms with E-state index in [1.165, 1.54) is 29.1 Å². The Kier molecular flexibility index (Phi) is 7.43. The number of hydrogen-bond donors (Lipinski definition) is 1. The lowest BCUT2D eigenvalue weighted by molar-refractivity contribution is -0.127. The number of hydrogen-bond acceptors (Lipinski definition) is 4.